The maximum Gasteiger partial charge on any atom is 0.170 e. The molecular weight excluding hydrogens is 258 g/mol. The van der Waals surface area contributed by atoms with E-state index in [1.165, 1.54) is 0 Å². The average Bonchev–Trinajstić information content (AvgIpc) is 2.37. The van der Waals surface area contributed by atoms with Crippen LogP contribution in [0.15, 0.2) is 24.3 Å². The molecule has 0 amide bonds. The van der Waals surface area contributed by atoms with Gasteiger partial charge in [-0.3, -0.25) is 0 Å². The number of fused-ring (bicyclic) bond motifs is 1. The maximum atomic E-state index is 8.99. The summed E-state index contributed by atoms with van der Waals surface area (Å²) in [4.78, 5) is 0. The first kappa shape index (κ1) is 13.4. The van der Waals surface area contributed by atoms with Crippen LogP contribution in [0, 0.1) is 11.3 Å². The fraction of sp³-hybridized carbons (Fsp3) is 0.286. The van der Waals surface area contributed by atoms with E-state index in [0.29, 0.717) is 10.7 Å². The van der Waals surface area contributed by atoms with Crippen molar-refractivity contribution >= 4 is 23.0 Å². The fourth-order valence-electron chi connectivity index (χ4n) is 1.93. The van der Waals surface area contributed by atoms with Crippen LogP contribution in [0.3, 0.4) is 0 Å². The summed E-state index contributed by atoms with van der Waals surface area (Å²) in [5.74, 6) is 0.743. The van der Waals surface area contributed by atoms with Crippen LogP contribution in [0.2, 0.25) is 0 Å². The topological polar surface area (TPSA) is 57.1 Å². The molecule has 0 radical (unpaired) electrons. The van der Waals surface area contributed by atoms with Gasteiger partial charge in [0.15, 0.2) is 5.11 Å². The van der Waals surface area contributed by atoms with E-state index < -0.39 is 5.60 Å². The Morgan fingerprint density at radius 1 is 1.42 bits per heavy atom. The Balaban J connectivity index is 2.48. The molecule has 2 N–H and O–H groups in total. The molecule has 1 aromatic carbocycles. The van der Waals surface area contributed by atoms with E-state index in [-0.39, 0.29) is 0 Å². The molecule has 0 spiro atoms. The monoisotopic (exact) mass is 273 g/mol. The van der Waals surface area contributed by atoms with E-state index in [2.05, 4.69) is 16.7 Å². The van der Waals surface area contributed by atoms with Crippen molar-refractivity contribution in [1.82, 2.24) is 10.6 Å². The minimum atomic E-state index is -0.424. The van der Waals surface area contributed by atoms with Crippen molar-refractivity contribution < 1.29 is 4.74 Å². The lowest BCUT2D eigenvalue weighted by atomic mass is 9.98. The number of benzene rings is 1. The molecule has 98 valence electrons. The Kier molecular flexibility index (Phi) is 3.45. The van der Waals surface area contributed by atoms with Gasteiger partial charge in [-0.1, -0.05) is 0 Å². The van der Waals surface area contributed by atoms with Gasteiger partial charge < -0.3 is 15.4 Å². The maximum absolute atomic E-state index is 8.99. The van der Waals surface area contributed by atoms with Gasteiger partial charge in [-0.15, -0.1) is 0 Å². The minimum absolute atomic E-state index is 0.424. The zero-order valence-electron chi connectivity index (χ0n) is 11.1. The van der Waals surface area contributed by atoms with Gasteiger partial charge in [0.05, 0.1) is 17.3 Å². The van der Waals surface area contributed by atoms with E-state index in [1.54, 1.807) is 19.2 Å². The molecule has 1 aliphatic heterocycles. The molecule has 0 saturated carbocycles. The van der Waals surface area contributed by atoms with Crippen LogP contribution in [0.4, 0.5) is 0 Å². The molecule has 0 atom stereocenters. The van der Waals surface area contributed by atoms with Crippen LogP contribution in [-0.4, -0.2) is 17.8 Å². The van der Waals surface area contributed by atoms with E-state index >= 15 is 0 Å². The Morgan fingerprint density at radius 2 is 2.16 bits per heavy atom. The molecule has 1 aromatic rings. The second-order valence-electron chi connectivity index (χ2n) is 4.79. The highest BCUT2D eigenvalue weighted by Gasteiger charge is 2.27. The molecule has 0 bridgehead atoms. The SMILES string of the molecule is CNC(=S)NC1=CC(C)(C)Oc2ccc(C#N)cc21. The van der Waals surface area contributed by atoms with Gasteiger partial charge in [0.25, 0.3) is 0 Å². The molecule has 0 saturated heterocycles. The lowest BCUT2D eigenvalue weighted by molar-refractivity contribution is 0.157. The Morgan fingerprint density at radius 3 is 2.79 bits per heavy atom. The van der Waals surface area contributed by atoms with Crippen molar-refractivity contribution in [2.75, 3.05) is 7.05 Å². The highest BCUT2D eigenvalue weighted by molar-refractivity contribution is 7.80. The van der Waals surface area contributed by atoms with Crippen molar-refractivity contribution in [3.8, 4) is 11.8 Å². The predicted octanol–water partition coefficient (Wildman–Crippen LogP) is 2.16. The minimum Gasteiger partial charge on any atom is -0.483 e. The van der Waals surface area contributed by atoms with Gasteiger partial charge in [0, 0.05) is 12.6 Å². The van der Waals surface area contributed by atoms with Crippen molar-refractivity contribution in [3.05, 3.63) is 35.4 Å². The van der Waals surface area contributed by atoms with E-state index in [9.17, 15) is 0 Å². The highest BCUT2D eigenvalue weighted by Crippen LogP contribution is 2.35. The van der Waals surface area contributed by atoms with Gasteiger partial charge in [-0.05, 0) is 50.3 Å². The summed E-state index contributed by atoms with van der Waals surface area (Å²) in [5, 5.41) is 15.5. The van der Waals surface area contributed by atoms with Crippen LogP contribution in [0.1, 0.15) is 25.0 Å². The molecular formula is C14H15N3OS. The van der Waals surface area contributed by atoms with E-state index in [1.807, 2.05) is 26.0 Å². The second-order valence-corrected chi connectivity index (χ2v) is 5.20. The number of hydrogen-bond acceptors (Lipinski definition) is 3. The van der Waals surface area contributed by atoms with Crippen LogP contribution in [-0.2, 0) is 0 Å². The third kappa shape index (κ3) is 2.85. The number of nitrogens with one attached hydrogen (secondary N) is 2. The van der Waals surface area contributed by atoms with Crippen LogP contribution < -0.4 is 15.4 Å². The summed E-state index contributed by atoms with van der Waals surface area (Å²) in [5.41, 5.74) is 1.86. The zero-order chi connectivity index (χ0) is 14.0. The van der Waals surface area contributed by atoms with Crippen molar-refractivity contribution in [2.24, 2.45) is 0 Å². The summed E-state index contributed by atoms with van der Waals surface area (Å²) in [6.45, 7) is 3.94. The quantitative estimate of drug-likeness (QED) is 0.768. The first-order valence-corrected chi connectivity index (χ1v) is 6.31. The molecule has 4 nitrogen and oxygen atoms in total. The smallest absolute Gasteiger partial charge is 0.170 e. The van der Waals surface area contributed by atoms with E-state index in [4.69, 9.17) is 22.2 Å². The lowest BCUT2D eigenvalue weighted by Crippen LogP contribution is -2.36. The summed E-state index contributed by atoms with van der Waals surface area (Å²) >= 11 is 5.13. The first-order valence-electron chi connectivity index (χ1n) is 5.90. The predicted molar refractivity (Wildman–Crippen MR) is 78.6 cm³/mol. The number of rotatable bonds is 1. The zero-order valence-corrected chi connectivity index (χ0v) is 11.9. The number of hydrogen-bond donors (Lipinski definition) is 2. The number of ether oxygens (including phenoxy) is 1. The molecule has 0 fully saturated rings. The summed E-state index contributed by atoms with van der Waals surface area (Å²) < 4.78 is 5.87. The van der Waals surface area contributed by atoms with Crippen LogP contribution in [0.25, 0.3) is 5.70 Å². The Bertz CT molecular complexity index is 599. The fourth-order valence-corrected chi connectivity index (χ4v) is 2.04. The molecule has 19 heavy (non-hydrogen) atoms. The number of nitriles is 1. The van der Waals surface area contributed by atoms with Crippen molar-refractivity contribution in [1.29, 1.82) is 5.26 Å². The molecule has 2 rings (SSSR count). The van der Waals surface area contributed by atoms with Gasteiger partial charge in [-0.2, -0.15) is 5.26 Å². The highest BCUT2D eigenvalue weighted by atomic mass is 32.1. The van der Waals surface area contributed by atoms with Crippen LogP contribution in [0.5, 0.6) is 5.75 Å². The van der Waals surface area contributed by atoms with Crippen LogP contribution >= 0.6 is 12.2 Å². The van der Waals surface area contributed by atoms with Gasteiger partial charge in [0.1, 0.15) is 11.4 Å². The lowest BCUT2D eigenvalue weighted by Gasteiger charge is -2.31. The average molecular weight is 273 g/mol. The third-order valence-corrected chi connectivity index (χ3v) is 3.05. The Labute approximate surface area is 118 Å². The van der Waals surface area contributed by atoms with Crippen molar-refractivity contribution in [2.45, 2.75) is 19.4 Å². The van der Waals surface area contributed by atoms with Gasteiger partial charge >= 0.3 is 0 Å². The molecule has 0 unspecified atom stereocenters. The number of nitrogens with zero attached hydrogens (tertiary/aromatic N) is 1. The Hall–Kier alpha value is -2.06. The molecule has 1 heterocycles. The van der Waals surface area contributed by atoms with Gasteiger partial charge in [0.2, 0.25) is 0 Å². The molecule has 5 heteroatoms. The third-order valence-electron chi connectivity index (χ3n) is 2.74. The van der Waals surface area contributed by atoms with E-state index in [0.717, 1.165) is 17.0 Å². The first-order chi connectivity index (χ1) is 8.95. The van der Waals surface area contributed by atoms with Gasteiger partial charge in [-0.25, -0.2) is 0 Å². The number of thiocarbonyl (C=S) groups is 1. The standard InChI is InChI=1S/C14H15N3OS/c1-14(2)7-11(17-13(19)16-3)10-6-9(8-15)4-5-12(10)18-14/h4-7H,1-3H3,(H2,16,17,19). The largest absolute Gasteiger partial charge is 0.483 e. The summed E-state index contributed by atoms with van der Waals surface area (Å²) in [6, 6.07) is 7.48. The van der Waals surface area contributed by atoms with Crippen molar-refractivity contribution in [3.63, 3.8) is 0 Å². The normalized spacial score (nSPS) is 15.4. The second kappa shape index (κ2) is 4.90. The summed E-state index contributed by atoms with van der Waals surface area (Å²) in [6.07, 6.45) is 1.96. The summed E-state index contributed by atoms with van der Waals surface area (Å²) in [7, 11) is 1.76. The molecule has 0 aromatic heterocycles. The molecule has 1 aliphatic rings. The molecule has 0 aliphatic carbocycles.